The number of piperidine rings is 1. The van der Waals surface area contributed by atoms with Crippen LogP contribution in [0.4, 0.5) is 0 Å². The van der Waals surface area contributed by atoms with Crippen molar-refractivity contribution in [3.05, 3.63) is 33.7 Å². The molecule has 0 unspecified atom stereocenters. The smallest absolute Gasteiger partial charge is 0.305 e. The molecule has 0 bridgehead atoms. The van der Waals surface area contributed by atoms with Gasteiger partial charge in [0.15, 0.2) is 0 Å². The summed E-state index contributed by atoms with van der Waals surface area (Å²) in [5.41, 5.74) is 1.62. The number of imidazole rings is 1. The zero-order valence-corrected chi connectivity index (χ0v) is 12.5. The Balaban J connectivity index is 1.85. The number of fused-ring (bicyclic) bond motifs is 1. The minimum Gasteiger partial charge on any atom is -0.305 e. The van der Waals surface area contributed by atoms with Crippen LogP contribution >= 0.6 is 11.6 Å². The molecule has 1 N–H and O–H groups in total. The second kappa shape index (κ2) is 5.62. The van der Waals surface area contributed by atoms with E-state index in [0.717, 1.165) is 50.1 Å². The molecular formula is C15H20ClN3O. The molecular weight excluding hydrogens is 274 g/mol. The first kappa shape index (κ1) is 13.7. The van der Waals surface area contributed by atoms with Crippen molar-refractivity contribution in [3.63, 3.8) is 0 Å². The highest BCUT2D eigenvalue weighted by molar-refractivity contribution is 6.34. The second-order valence-electron chi connectivity index (χ2n) is 5.55. The first-order chi connectivity index (χ1) is 9.69. The monoisotopic (exact) mass is 293 g/mol. The van der Waals surface area contributed by atoms with Gasteiger partial charge in [-0.25, -0.2) is 4.79 Å². The Labute approximate surface area is 123 Å². The average Bonchev–Trinajstić information content (AvgIpc) is 2.77. The number of halogens is 1. The van der Waals surface area contributed by atoms with E-state index in [-0.39, 0.29) is 5.69 Å². The van der Waals surface area contributed by atoms with Crippen molar-refractivity contribution >= 4 is 22.6 Å². The summed E-state index contributed by atoms with van der Waals surface area (Å²) < 4.78 is 1.81. The number of nitrogens with one attached hydrogen (secondary N) is 1. The van der Waals surface area contributed by atoms with Gasteiger partial charge in [-0.05, 0) is 50.5 Å². The van der Waals surface area contributed by atoms with Crippen LogP contribution in [0, 0.1) is 5.92 Å². The van der Waals surface area contributed by atoms with Crippen molar-refractivity contribution in [2.45, 2.75) is 26.3 Å². The van der Waals surface area contributed by atoms with Crippen LogP contribution < -0.4 is 5.69 Å². The molecule has 0 saturated carbocycles. The summed E-state index contributed by atoms with van der Waals surface area (Å²) in [6, 6.07) is 5.61. The number of benzene rings is 1. The molecule has 0 spiro atoms. The van der Waals surface area contributed by atoms with Gasteiger partial charge in [0, 0.05) is 6.54 Å². The lowest BCUT2D eigenvalue weighted by Gasteiger charge is -2.31. The van der Waals surface area contributed by atoms with Gasteiger partial charge in [0.1, 0.15) is 0 Å². The van der Waals surface area contributed by atoms with Gasteiger partial charge in [0.25, 0.3) is 0 Å². The minimum atomic E-state index is -0.0500. The van der Waals surface area contributed by atoms with Crippen molar-refractivity contribution < 1.29 is 0 Å². The van der Waals surface area contributed by atoms with Gasteiger partial charge in [0.05, 0.1) is 16.1 Å². The topological polar surface area (TPSA) is 41.0 Å². The fraction of sp³-hybridized carbons (Fsp3) is 0.533. The first-order valence-electron chi connectivity index (χ1n) is 7.28. The molecule has 0 atom stereocenters. The highest BCUT2D eigenvalue weighted by Gasteiger charge is 2.20. The number of likely N-dealkylation sites (tertiary alicyclic amines) is 1. The molecule has 108 valence electrons. The van der Waals surface area contributed by atoms with Crippen molar-refractivity contribution in [1.29, 1.82) is 0 Å². The molecule has 2 heterocycles. The van der Waals surface area contributed by atoms with Crippen molar-refractivity contribution in [2.75, 3.05) is 19.6 Å². The molecule has 1 aliphatic heterocycles. The Hall–Kier alpha value is -1.26. The third-order valence-corrected chi connectivity index (χ3v) is 4.64. The summed E-state index contributed by atoms with van der Waals surface area (Å²) in [7, 11) is 0. The van der Waals surface area contributed by atoms with Gasteiger partial charge in [-0.2, -0.15) is 0 Å². The van der Waals surface area contributed by atoms with E-state index in [1.165, 1.54) is 0 Å². The molecule has 2 aromatic rings. The summed E-state index contributed by atoms with van der Waals surface area (Å²) >= 11 is 6.25. The highest BCUT2D eigenvalue weighted by Crippen LogP contribution is 2.24. The molecule has 4 nitrogen and oxygen atoms in total. The largest absolute Gasteiger partial charge is 0.326 e. The van der Waals surface area contributed by atoms with Crippen LogP contribution in [0.1, 0.15) is 19.8 Å². The summed E-state index contributed by atoms with van der Waals surface area (Å²) in [6.07, 6.45) is 2.30. The van der Waals surface area contributed by atoms with E-state index in [1.54, 1.807) is 0 Å². The summed E-state index contributed by atoms with van der Waals surface area (Å²) in [4.78, 5) is 17.5. The van der Waals surface area contributed by atoms with Crippen LogP contribution in [-0.2, 0) is 6.54 Å². The van der Waals surface area contributed by atoms with E-state index in [2.05, 4.69) is 16.8 Å². The van der Waals surface area contributed by atoms with Gasteiger partial charge in [-0.1, -0.05) is 24.6 Å². The van der Waals surface area contributed by atoms with Gasteiger partial charge < -0.3 is 9.88 Å². The minimum absolute atomic E-state index is 0.0500. The maximum absolute atomic E-state index is 12.1. The van der Waals surface area contributed by atoms with Crippen molar-refractivity contribution in [2.24, 2.45) is 5.92 Å². The standard InChI is InChI=1S/C15H20ClN3O/c1-2-18-8-6-11(7-9-18)10-19-14-12(16)4-3-5-13(14)17-15(19)20/h3-5,11H,2,6-10H2,1H3,(H,17,20). The fourth-order valence-corrected chi connectivity index (χ4v) is 3.37. The molecule has 5 heteroatoms. The third kappa shape index (κ3) is 2.50. The van der Waals surface area contributed by atoms with E-state index < -0.39 is 0 Å². The number of rotatable bonds is 3. The van der Waals surface area contributed by atoms with Crippen LogP contribution in [0.2, 0.25) is 5.02 Å². The highest BCUT2D eigenvalue weighted by atomic mass is 35.5. The van der Waals surface area contributed by atoms with Crippen LogP contribution in [-0.4, -0.2) is 34.1 Å². The molecule has 0 aliphatic carbocycles. The number of H-pyrrole nitrogens is 1. The Morgan fingerprint density at radius 3 is 2.80 bits per heavy atom. The van der Waals surface area contributed by atoms with Crippen LogP contribution in [0.25, 0.3) is 11.0 Å². The lowest BCUT2D eigenvalue weighted by molar-refractivity contribution is 0.181. The molecule has 3 rings (SSSR count). The number of hydrogen-bond acceptors (Lipinski definition) is 2. The van der Waals surface area contributed by atoms with Gasteiger partial charge in [-0.15, -0.1) is 0 Å². The van der Waals surface area contributed by atoms with Gasteiger partial charge >= 0.3 is 5.69 Å². The number of aromatic amines is 1. The molecule has 0 amide bonds. The van der Waals surface area contributed by atoms with Crippen LogP contribution in [0.15, 0.2) is 23.0 Å². The zero-order chi connectivity index (χ0) is 14.1. The van der Waals surface area contributed by atoms with E-state index in [0.29, 0.717) is 10.9 Å². The Kier molecular flexibility index (Phi) is 3.85. The molecule has 1 aromatic heterocycles. The Bertz CT molecular complexity index is 653. The molecule has 1 aliphatic rings. The average molecular weight is 294 g/mol. The number of para-hydroxylation sites is 1. The fourth-order valence-electron chi connectivity index (χ4n) is 3.09. The van der Waals surface area contributed by atoms with Crippen molar-refractivity contribution in [1.82, 2.24) is 14.5 Å². The predicted molar refractivity (Wildman–Crippen MR) is 82.4 cm³/mol. The predicted octanol–water partition coefficient (Wildman–Crippen LogP) is 2.71. The molecule has 20 heavy (non-hydrogen) atoms. The number of nitrogens with zero attached hydrogens (tertiary/aromatic N) is 2. The quantitative estimate of drug-likeness (QED) is 0.945. The summed E-state index contributed by atoms with van der Waals surface area (Å²) in [6.45, 7) is 6.34. The third-order valence-electron chi connectivity index (χ3n) is 4.34. The van der Waals surface area contributed by atoms with E-state index in [1.807, 2.05) is 22.8 Å². The molecule has 0 radical (unpaired) electrons. The summed E-state index contributed by atoms with van der Waals surface area (Å²) in [5.74, 6) is 0.561. The van der Waals surface area contributed by atoms with Crippen LogP contribution in [0.5, 0.6) is 0 Å². The Morgan fingerprint density at radius 1 is 1.35 bits per heavy atom. The molecule has 1 fully saturated rings. The lowest BCUT2D eigenvalue weighted by Crippen LogP contribution is -2.35. The molecule has 1 saturated heterocycles. The summed E-state index contributed by atoms with van der Waals surface area (Å²) in [5, 5.41) is 0.645. The van der Waals surface area contributed by atoms with E-state index in [4.69, 9.17) is 11.6 Å². The molecule has 1 aromatic carbocycles. The van der Waals surface area contributed by atoms with E-state index >= 15 is 0 Å². The zero-order valence-electron chi connectivity index (χ0n) is 11.7. The maximum atomic E-state index is 12.1. The van der Waals surface area contributed by atoms with Crippen molar-refractivity contribution in [3.8, 4) is 0 Å². The number of hydrogen-bond donors (Lipinski definition) is 1. The van der Waals surface area contributed by atoms with E-state index in [9.17, 15) is 4.79 Å². The normalized spacial score (nSPS) is 17.9. The maximum Gasteiger partial charge on any atom is 0.326 e. The van der Waals surface area contributed by atoms with Crippen LogP contribution in [0.3, 0.4) is 0 Å². The number of aromatic nitrogens is 2. The second-order valence-corrected chi connectivity index (χ2v) is 5.96. The first-order valence-corrected chi connectivity index (χ1v) is 7.66. The SMILES string of the molecule is CCN1CCC(Cn2c(=O)[nH]c3cccc(Cl)c32)CC1. The van der Waals surface area contributed by atoms with Gasteiger partial charge in [-0.3, -0.25) is 4.57 Å². The van der Waals surface area contributed by atoms with Gasteiger partial charge in [0.2, 0.25) is 0 Å². The lowest BCUT2D eigenvalue weighted by atomic mass is 9.97. The Morgan fingerprint density at radius 2 is 2.10 bits per heavy atom.